The standard InChI is InChI=1S/C34H27BrN4O4S2/c1-43-27-14-10-23(11-15-27)30-20-45-34(38-30)39-31(40)21-44-28-16-12-26(13-17-28)36-33(42)29(19-22-6-5-9-25(35)18-22)37-32(41)24-7-3-2-4-8-24/h2-20H,21H2,1H3,(H,36,42)(H,37,41)(H,38,39,40)/b29-19-. The van der Waals surface area contributed by atoms with Gasteiger partial charge in [0.15, 0.2) is 5.13 Å². The van der Waals surface area contributed by atoms with Crippen molar-refractivity contribution in [1.82, 2.24) is 10.3 Å². The third-order valence-electron chi connectivity index (χ3n) is 6.31. The van der Waals surface area contributed by atoms with Gasteiger partial charge < -0.3 is 20.7 Å². The van der Waals surface area contributed by atoms with E-state index in [9.17, 15) is 14.4 Å². The van der Waals surface area contributed by atoms with E-state index in [0.29, 0.717) is 16.4 Å². The number of thiazole rings is 1. The van der Waals surface area contributed by atoms with E-state index < -0.39 is 11.8 Å². The van der Waals surface area contributed by atoms with E-state index in [1.165, 1.54) is 23.1 Å². The van der Waals surface area contributed by atoms with Crippen LogP contribution in [0.4, 0.5) is 10.8 Å². The lowest BCUT2D eigenvalue weighted by molar-refractivity contribution is -0.114. The number of hydrogen-bond acceptors (Lipinski definition) is 7. The first-order valence-electron chi connectivity index (χ1n) is 13.6. The van der Waals surface area contributed by atoms with Gasteiger partial charge in [0.05, 0.1) is 18.6 Å². The predicted octanol–water partition coefficient (Wildman–Crippen LogP) is 7.72. The van der Waals surface area contributed by atoms with Gasteiger partial charge in [0.25, 0.3) is 11.8 Å². The van der Waals surface area contributed by atoms with E-state index in [0.717, 1.165) is 31.9 Å². The molecule has 4 aromatic carbocycles. The molecule has 0 radical (unpaired) electrons. The van der Waals surface area contributed by atoms with Crippen LogP contribution in [0.2, 0.25) is 0 Å². The van der Waals surface area contributed by atoms with Crippen molar-refractivity contribution >= 4 is 73.6 Å². The number of amides is 3. The first-order chi connectivity index (χ1) is 21.9. The number of carbonyl (C=O) groups is 3. The molecule has 0 spiro atoms. The summed E-state index contributed by atoms with van der Waals surface area (Å²) < 4.78 is 6.04. The molecule has 0 aliphatic carbocycles. The van der Waals surface area contributed by atoms with Crippen molar-refractivity contribution in [3.8, 4) is 17.0 Å². The zero-order valence-electron chi connectivity index (χ0n) is 24.0. The number of ether oxygens (including phenoxy) is 1. The van der Waals surface area contributed by atoms with Crippen LogP contribution < -0.4 is 20.7 Å². The first kappa shape index (κ1) is 31.7. The van der Waals surface area contributed by atoms with Crippen LogP contribution in [0, 0.1) is 0 Å². The molecule has 0 bridgehead atoms. The van der Waals surface area contributed by atoms with E-state index in [4.69, 9.17) is 4.74 Å². The van der Waals surface area contributed by atoms with Crippen LogP contribution >= 0.6 is 39.0 Å². The number of benzene rings is 4. The lowest BCUT2D eigenvalue weighted by atomic mass is 10.1. The predicted molar refractivity (Wildman–Crippen MR) is 185 cm³/mol. The summed E-state index contributed by atoms with van der Waals surface area (Å²) >= 11 is 6.16. The highest BCUT2D eigenvalue weighted by atomic mass is 79.9. The minimum absolute atomic E-state index is 0.0920. The quantitative estimate of drug-likeness (QED) is 0.0963. The highest BCUT2D eigenvalue weighted by Crippen LogP contribution is 2.27. The molecular weight excluding hydrogens is 672 g/mol. The average Bonchev–Trinajstić information content (AvgIpc) is 3.53. The maximum Gasteiger partial charge on any atom is 0.272 e. The molecule has 3 amide bonds. The molecule has 1 aromatic heterocycles. The molecule has 226 valence electrons. The second-order valence-corrected chi connectivity index (χ2v) is 12.3. The topological polar surface area (TPSA) is 109 Å². The van der Waals surface area contributed by atoms with Crippen LogP contribution in [-0.4, -0.2) is 35.6 Å². The summed E-state index contributed by atoms with van der Waals surface area (Å²) in [6.45, 7) is 0. The number of nitrogens with one attached hydrogen (secondary N) is 3. The summed E-state index contributed by atoms with van der Waals surface area (Å²) in [5.74, 6) is -0.0954. The van der Waals surface area contributed by atoms with Gasteiger partial charge in [-0.25, -0.2) is 4.98 Å². The first-order valence-corrected chi connectivity index (χ1v) is 16.3. The van der Waals surface area contributed by atoms with E-state index in [-0.39, 0.29) is 17.4 Å². The lowest BCUT2D eigenvalue weighted by Crippen LogP contribution is -2.30. The summed E-state index contributed by atoms with van der Waals surface area (Å²) in [6.07, 6.45) is 1.62. The molecule has 5 rings (SSSR count). The number of carbonyl (C=O) groups excluding carboxylic acids is 3. The van der Waals surface area contributed by atoms with Crippen molar-refractivity contribution in [1.29, 1.82) is 0 Å². The van der Waals surface area contributed by atoms with Crippen molar-refractivity contribution in [3.05, 3.63) is 130 Å². The van der Waals surface area contributed by atoms with Crippen molar-refractivity contribution in [3.63, 3.8) is 0 Å². The summed E-state index contributed by atoms with van der Waals surface area (Å²) in [4.78, 5) is 44.1. The van der Waals surface area contributed by atoms with Gasteiger partial charge in [-0.2, -0.15) is 0 Å². The van der Waals surface area contributed by atoms with Crippen molar-refractivity contribution in [2.24, 2.45) is 0 Å². The maximum atomic E-state index is 13.3. The molecule has 0 aliphatic heterocycles. The van der Waals surface area contributed by atoms with Crippen LogP contribution in [-0.2, 0) is 9.59 Å². The smallest absolute Gasteiger partial charge is 0.272 e. The summed E-state index contributed by atoms with van der Waals surface area (Å²) in [6, 6.07) is 30.8. The Morgan fingerprint density at radius 1 is 0.911 bits per heavy atom. The molecule has 0 saturated carbocycles. The summed E-state index contributed by atoms with van der Waals surface area (Å²) in [5.41, 5.74) is 3.51. The Morgan fingerprint density at radius 2 is 1.67 bits per heavy atom. The SMILES string of the molecule is COc1ccc(-c2csc(NC(=O)CSc3ccc(NC(=O)/C(=C/c4cccc(Br)c4)NC(=O)c4ccccc4)cc3)n2)cc1. The fourth-order valence-electron chi connectivity index (χ4n) is 4.07. The van der Waals surface area contributed by atoms with Gasteiger partial charge >= 0.3 is 0 Å². The van der Waals surface area contributed by atoms with Gasteiger partial charge in [0.1, 0.15) is 11.4 Å². The van der Waals surface area contributed by atoms with Gasteiger partial charge in [-0.05, 0) is 84.4 Å². The Kier molecular flexibility index (Phi) is 10.8. The molecule has 0 atom stereocenters. The lowest BCUT2D eigenvalue weighted by Gasteiger charge is -2.12. The second-order valence-electron chi connectivity index (χ2n) is 9.51. The molecular formula is C34H27BrN4O4S2. The summed E-state index contributed by atoms with van der Waals surface area (Å²) in [5, 5.41) is 10.8. The molecule has 45 heavy (non-hydrogen) atoms. The highest BCUT2D eigenvalue weighted by molar-refractivity contribution is 9.10. The third kappa shape index (κ3) is 9.15. The minimum Gasteiger partial charge on any atom is -0.497 e. The van der Waals surface area contributed by atoms with Crippen LogP contribution in [0.1, 0.15) is 15.9 Å². The second kappa shape index (κ2) is 15.3. The Balaban J connectivity index is 1.17. The van der Waals surface area contributed by atoms with Crippen LogP contribution in [0.25, 0.3) is 17.3 Å². The number of hydrogen-bond donors (Lipinski definition) is 3. The number of rotatable bonds is 11. The number of anilines is 2. The normalized spacial score (nSPS) is 11.0. The maximum absolute atomic E-state index is 13.3. The Morgan fingerprint density at radius 3 is 2.38 bits per heavy atom. The number of halogens is 1. The molecule has 0 aliphatic rings. The number of thioether (sulfide) groups is 1. The molecule has 5 aromatic rings. The zero-order valence-corrected chi connectivity index (χ0v) is 27.2. The van der Waals surface area contributed by atoms with Crippen LogP contribution in [0.3, 0.4) is 0 Å². The van der Waals surface area contributed by atoms with Gasteiger partial charge in [-0.3, -0.25) is 14.4 Å². The average molecular weight is 700 g/mol. The van der Waals surface area contributed by atoms with Crippen LogP contribution in [0.5, 0.6) is 5.75 Å². The van der Waals surface area contributed by atoms with E-state index >= 15 is 0 Å². The zero-order chi connectivity index (χ0) is 31.6. The van der Waals surface area contributed by atoms with Crippen molar-refractivity contribution in [2.75, 3.05) is 23.5 Å². The minimum atomic E-state index is -0.475. The van der Waals surface area contributed by atoms with E-state index in [2.05, 4.69) is 36.9 Å². The number of methoxy groups -OCH3 is 1. The Hall–Kier alpha value is -4.71. The molecule has 1 heterocycles. The highest BCUT2D eigenvalue weighted by Gasteiger charge is 2.16. The summed E-state index contributed by atoms with van der Waals surface area (Å²) in [7, 11) is 1.62. The fraction of sp³-hybridized carbons (Fsp3) is 0.0588. The van der Waals surface area contributed by atoms with Crippen LogP contribution in [0.15, 0.2) is 124 Å². The molecule has 3 N–H and O–H groups in total. The fourth-order valence-corrected chi connectivity index (χ4v) is 5.92. The molecule has 0 fully saturated rings. The molecule has 0 unspecified atom stereocenters. The monoisotopic (exact) mass is 698 g/mol. The van der Waals surface area contributed by atoms with E-state index in [1.807, 2.05) is 72.1 Å². The van der Waals surface area contributed by atoms with Crippen molar-refractivity contribution < 1.29 is 19.1 Å². The Bertz CT molecular complexity index is 1830. The van der Waals surface area contributed by atoms with Gasteiger partial charge in [0, 0.05) is 31.6 Å². The van der Waals surface area contributed by atoms with Gasteiger partial charge in [-0.15, -0.1) is 23.1 Å². The largest absolute Gasteiger partial charge is 0.497 e. The molecule has 0 saturated heterocycles. The molecule has 8 nitrogen and oxygen atoms in total. The van der Waals surface area contributed by atoms with Gasteiger partial charge in [-0.1, -0.05) is 46.3 Å². The van der Waals surface area contributed by atoms with E-state index in [1.54, 1.807) is 49.6 Å². The number of nitrogens with zero attached hydrogens (tertiary/aromatic N) is 1. The van der Waals surface area contributed by atoms with Gasteiger partial charge in [0.2, 0.25) is 5.91 Å². The van der Waals surface area contributed by atoms with Crippen molar-refractivity contribution in [2.45, 2.75) is 4.90 Å². The Labute approximate surface area is 277 Å². The molecule has 11 heteroatoms. The number of aromatic nitrogens is 1. The third-order valence-corrected chi connectivity index (χ3v) is 8.57.